The first kappa shape index (κ1) is 21.1. The van der Waals surface area contributed by atoms with Gasteiger partial charge in [0.05, 0.1) is 24.3 Å². The summed E-state index contributed by atoms with van der Waals surface area (Å²) in [6.07, 6.45) is 8.44. The summed E-state index contributed by atoms with van der Waals surface area (Å²) in [5, 5.41) is 3.29. The van der Waals surface area contributed by atoms with E-state index in [2.05, 4.69) is 43.6 Å². The Morgan fingerprint density at radius 2 is 1.91 bits per heavy atom. The molecular formula is C21H28N8O2S. The molecule has 10 nitrogen and oxygen atoms in total. The van der Waals surface area contributed by atoms with Crippen LogP contribution in [-0.4, -0.2) is 69.7 Å². The van der Waals surface area contributed by atoms with Gasteiger partial charge in [0.2, 0.25) is 16.0 Å². The Kier molecular flexibility index (Phi) is 5.05. The molecule has 0 aromatic carbocycles. The number of pyridine rings is 1. The molecule has 5 rings (SSSR count). The van der Waals surface area contributed by atoms with Crippen molar-refractivity contribution in [1.82, 2.24) is 28.8 Å². The van der Waals surface area contributed by atoms with Crippen LogP contribution in [0.3, 0.4) is 0 Å². The number of hydrogen-bond donors (Lipinski definition) is 1. The summed E-state index contributed by atoms with van der Waals surface area (Å²) in [4.78, 5) is 20.2. The number of anilines is 3. The van der Waals surface area contributed by atoms with E-state index in [0.29, 0.717) is 36.7 Å². The molecule has 0 bridgehead atoms. The zero-order valence-electron chi connectivity index (χ0n) is 18.6. The Hall–Kier alpha value is -2.79. The van der Waals surface area contributed by atoms with Crippen LogP contribution < -0.4 is 10.2 Å². The van der Waals surface area contributed by atoms with Gasteiger partial charge in [-0.2, -0.15) is 4.98 Å². The van der Waals surface area contributed by atoms with Gasteiger partial charge < -0.3 is 14.8 Å². The van der Waals surface area contributed by atoms with Gasteiger partial charge in [-0.1, -0.05) is 0 Å². The average Bonchev–Trinajstić information content (AvgIpc) is 3.47. The van der Waals surface area contributed by atoms with Crippen molar-refractivity contribution in [3.8, 4) is 0 Å². The molecule has 2 aliphatic heterocycles. The molecule has 2 aliphatic rings. The Morgan fingerprint density at radius 3 is 2.66 bits per heavy atom. The number of nitrogens with zero attached hydrogens (tertiary/aromatic N) is 7. The van der Waals surface area contributed by atoms with E-state index < -0.39 is 10.0 Å². The number of fused-ring (bicyclic) bond motifs is 1. The third-order valence-electron chi connectivity index (χ3n) is 6.51. The van der Waals surface area contributed by atoms with Gasteiger partial charge >= 0.3 is 0 Å². The second-order valence-electron chi connectivity index (χ2n) is 9.19. The van der Waals surface area contributed by atoms with Crippen LogP contribution in [0, 0.1) is 5.41 Å². The average molecular weight is 457 g/mol. The van der Waals surface area contributed by atoms with E-state index in [1.807, 2.05) is 18.5 Å². The molecule has 2 saturated heterocycles. The van der Waals surface area contributed by atoms with Crippen LogP contribution in [0.1, 0.15) is 32.7 Å². The summed E-state index contributed by atoms with van der Waals surface area (Å²) in [6, 6.07) is 4.10. The number of imidazole rings is 1. The van der Waals surface area contributed by atoms with Crippen LogP contribution in [0.5, 0.6) is 0 Å². The fourth-order valence-corrected chi connectivity index (χ4v) is 5.66. The monoisotopic (exact) mass is 456 g/mol. The van der Waals surface area contributed by atoms with Crippen LogP contribution in [-0.2, 0) is 10.0 Å². The van der Waals surface area contributed by atoms with Crippen molar-refractivity contribution < 1.29 is 8.42 Å². The molecule has 1 N–H and O–H groups in total. The van der Waals surface area contributed by atoms with Gasteiger partial charge in [-0.25, -0.2) is 27.7 Å². The number of aromatic nitrogens is 5. The van der Waals surface area contributed by atoms with Crippen molar-refractivity contribution in [3.63, 3.8) is 0 Å². The maximum Gasteiger partial charge on any atom is 0.227 e. The van der Waals surface area contributed by atoms with Gasteiger partial charge in [-0.05, 0) is 32.8 Å². The standard InChI is InChI=1S/C21H28N8O2S/c1-15(2)29-14-24-16-11-23-19(10-17(16)29)25-18-4-7-22-20(26-18)27-8-5-21(12-27)6-9-28(13-21)32(3,30)31/h4,7,10-11,14-15H,5-6,8-9,12-13H2,1-3H3,(H,22,23,25,26). The zero-order chi connectivity index (χ0) is 22.5. The van der Waals surface area contributed by atoms with Crippen molar-refractivity contribution in [2.45, 2.75) is 32.7 Å². The number of nitrogens with one attached hydrogen (secondary N) is 1. The highest BCUT2D eigenvalue weighted by Crippen LogP contribution is 2.41. The van der Waals surface area contributed by atoms with Crippen LogP contribution in [0.2, 0.25) is 0 Å². The largest absolute Gasteiger partial charge is 0.340 e. The van der Waals surface area contributed by atoms with Crippen molar-refractivity contribution in [2.75, 3.05) is 42.7 Å². The second-order valence-corrected chi connectivity index (χ2v) is 11.2. The molecule has 1 unspecified atom stereocenters. The Balaban J connectivity index is 1.33. The molecule has 0 aliphatic carbocycles. The van der Waals surface area contributed by atoms with Crippen molar-refractivity contribution >= 4 is 38.6 Å². The van der Waals surface area contributed by atoms with E-state index in [4.69, 9.17) is 4.98 Å². The lowest BCUT2D eigenvalue weighted by Crippen LogP contribution is -2.33. The smallest absolute Gasteiger partial charge is 0.227 e. The number of rotatable bonds is 5. The maximum atomic E-state index is 11.9. The van der Waals surface area contributed by atoms with Crippen LogP contribution >= 0.6 is 0 Å². The molecule has 3 aromatic rings. The van der Waals surface area contributed by atoms with Gasteiger partial charge in [-0.3, -0.25) is 0 Å². The minimum atomic E-state index is -3.15. The van der Waals surface area contributed by atoms with Gasteiger partial charge in [-0.15, -0.1) is 0 Å². The lowest BCUT2D eigenvalue weighted by atomic mass is 9.87. The fraction of sp³-hybridized carbons (Fsp3) is 0.524. The van der Waals surface area contributed by atoms with E-state index in [0.717, 1.165) is 37.0 Å². The Bertz CT molecular complexity index is 1260. The van der Waals surface area contributed by atoms with E-state index in [9.17, 15) is 8.42 Å². The quantitative estimate of drug-likeness (QED) is 0.623. The van der Waals surface area contributed by atoms with Crippen molar-refractivity contribution in [3.05, 3.63) is 30.9 Å². The van der Waals surface area contributed by atoms with Crippen molar-refractivity contribution in [1.29, 1.82) is 0 Å². The summed E-state index contributed by atoms with van der Waals surface area (Å²) in [5.41, 5.74) is 1.86. The molecule has 0 amide bonds. The molecule has 3 aromatic heterocycles. The summed E-state index contributed by atoms with van der Waals surface area (Å²) in [7, 11) is -3.15. The summed E-state index contributed by atoms with van der Waals surface area (Å²) < 4.78 is 27.6. The van der Waals surface area contributed by atoms with E-state index in [1.54, 1.807) is 16.7 Å². The topological polar surface area (TPSA) is 109 Å². The second kappa shape index (κ2) is 7.66. The van der Waals surface area contributed by atoms with Crippen LogP contribution in [0.4, 0.5) is 17.6 Å². The Labute approximate surface area is 187 Å². The molecule has 0 radical (unpaired) electrons. The molecule has 170 valence electrons. The van der Waals surface area contributed by atoms with Gasteiger partial charge in [0.25, 0.3) is 0 Å². The van der Waals surface area contributed by atoms with Gasteiger partial charge in [0, 0.05) is 49.9 Å². The van der Waals surface area contributed by atoms with E-state index in [-0.39, 0.29) is 5.41 Å². The SMILES string of the molecule is CC(C)n1cnc2cnc(Nc3ccnc(N4CCC5(CCN(S(C)(=O)=O)C5)C4)n3)cc21. The van der Waals surface area contributed by atoms with Crippen LogP contribution in [0.15, 0.2) is 30.9 Å². The maximum absolute atomic E-state index is 11.9. The highest BCUT2D eigenvalue weighted by molar-refractivity contribution is 7.88. The third kappa shape index (κ3) is 3.90. The molecule has 32 heavy (non-hydrogen) atoms. The minimum absolute atomic E-state index is 0.0162. The normalized spacial score (nSPS) is 21.9. The van der Waals surface area contributed by atoms with Gasteiger partial charge in [0.1, 0.15) is 17.2 Å². The predicted molar refractivity (Wildman–Crippen MR) is 124 cm³/mol. The Morgan fingerprint density at radius 1 is 1.09 bits per heavy atom. The lowest BCUT2D eigenvalue weighted by molar-refractivity contribution is 0.342. The summed E-state index contributed by atoms with van der Waals surface area (Å²) >= 11 is 0. The first-order valence-electron chi connectivity index (χ1n) is 10.9. The lowest BCUT2D eigenvalue weighted by Gasteiger charge is -2.24. The highest BCUT2D eigenvalue weighted by atomic mass is 32.2. The molecular weight excluding hydrogens is 428 g/mol. The van der Waals surface area contributed by atoms with E-state index in [1.165, 1.54) is 6.26 Å². The summed E-state index contributed by atoms with van der Waals surface area (Å²) in [6.45, 7) is 6.99. The first-order valence-corrected chi connectivity index (χ1v) is 12.7. The first-order chi connectivity index (χ1) is 15.2. The van der Waals surface area contributed by atoms with Gasteiger partial charge in [0.15, 0.2) is 0 Å². The number of sulfonamides is 1. The molecule has 5 heterocycles. The number of hydrogen-bond acceptors (Lipinski definition) is 8. The summed E-state index contributed by atoms with van der Waals surface area (Å²) in [5.74, 6) is 2.02. The van der Waals surface area contributed by atoms with Crippen LogP contribution in [0.25, 0.3) is 11.0 Å². The fourth-order valence-electron chi connectivity index (χ4n) is 4.73. The third-order valence-corrected chi connectivity index (χ3v) is 7.76. The molecule has 0 saturated carbocycles. The van der Waals surface area contributed by atoms with Crippen molar-refractivity contribution in [2.24, 2.45) is 5.41 Å². The molecule has 1 atom stereocenters. The van der Waals surface area contributed by atoms with E-state index >= 15 is 0 Å². The highest BCUT2D eigenvalue weighted by Gasteiger charge is 2.46. The molecule has 2 fully saturated rings. The molecule has 1 spiro atoms. The minimum Gasteiger partial charge on any atom is -0.340 e. The zero-order valence-corrected chi connectivity index (χ0v) is 19.4. The molecule has 11 heteroatoms. The predicted octanol–water partition coefficient (Wildman–Crippen LogP) is 2.41.